The molecule has 1 aliphatic carbocycles. The quantitative estimate of drug-likeness (QED) is 0.799. The van der Waals surface area contributed by atoms with Crippen molar-refractivity contribution in [3.05, 3.63) is 34.9 Å². The van der Waals surface area contributed by atoms with E-state index in [-0.39, 0.29) is 17.9 Å². The van der Waals surface area contributed by atoms with Crippen LogP contribution in [0.25, 0.3) is 0 Å². The van der Waals surface area contributed by atoms with Gasteiger partial charge >= 0.3 is 6.03 Å². The molecule has 3 fully saturated rings. The topological polar surface area (TPSA) is 55.9 Å². The molecule has 0 bridgehead atoms. The zero-order chi connectivity index (χ0) is 18.3. The van der Waals surface area contributed by atoms with Crippen LogP contribution in [0.15, 0.2) is 24.3 Å². The molecule has 0 aromatic heterocycles. The van der Waals surface area contributed by atoms with Crippen molar-refractivity contribution in [1.29, 1.82) is 0 Å². The van der Waals surface area contributed by atoms with Crippen LogP contribution < -0.4 is 5.32 Å². The highest BCUT2D eigenvalue weighted by Crippen LogP contribution is 2.49. The molecule has 26 heavy (non-hydrogen) atoms. The Bertz CT molecular complexity index is 698. The first kappa shape index (κ1) is 17.8. The van der Waals surface area contributed by atoms with Gasteiger partial charge in [-0.2, -0.15) is 0 Å². The summed E-state index contributed by atoms with van der Waals surface area (Å²) >= 11 is 6.01. The van der Waals surface area contributed by atoms with Gasteiger partial charge in [0.05, 0.1) is 6.67 Å². The number of imide groups is 1. The summed E-state index contributed by atoms with van der Waals surface area (Å²) in [4.78, 5) is 32.0. The molecular weight excluding hydrogens is 352 g/mol. The van der Waals surface area contributed by atoms with Crippen molar-refractivity contribution in [3.63, 3.8) is 0 Å². The van der Waals surface area contributed by atoms with Crippen LogP contribution in [-0.2, 0) is 10.3 Å². The molecule has 0 radical (unpaired) electrons. The minimum absolute atomic E-state index is 0.120. The van der Waals surface area contributed by atoms with E-state index < -0.39 is 5.54 Å². The van der Waals surface area contributed by atoms with Crippen LogP contribution >= 0.6 is 11.6 Å². The lowest BCUT2D eigenvalue weighted by Crippen LogP contribution is -2.51. The Morgan fingerprint density at radius 3 is 2.27 bits per heavy atom. The number of amides is 3. The second-order valence-electron chi connectivity index (χ2n) is 7.45. The summed E-state index contributed by atoms with van der Waals surface area (Å²) in [5.41, 5.74) is -0.0894. The minimum atomic E-state index is -0.924. The van der Waals surface area contributed by atoms with Crippen molar-refractivity contribution >= 4 is 23.5 Å². The fraction of sp³-hybridized carbons (Fsp3) is 0.579. The summed E-state index contributed by atoms with van der Waals surface area (Å²) in [5, 5.41) is 3.66. The van der Waals surface area contributed by atoms with E-state index >= 15 is 0 Å². The predicted octanol–water partition coefficient (Wildman–Crippen LogP) is 2.09. The van der Waals surface area contributed by atoms with Crippen molar-refractivity contribution in [1.82, 2.24) is 20.0 Å². The Morgan fingerprint density at radius 1 is 1.08 bits per heavy atom. The first-order valence-corrected chi connectivity index (χ1v) is 9.77. The van der Waals surface area contributed by atoms with Gasteiger partial charge in [-0.15, -0.1) is 0 Å². The number of nitrogens with one attached hydrogen (secondary N) is 1. The number of urea groups is 1. The monoisotopic (exact) mass is 376 g/mol. The smallest absolute Gasteiger partial charge is 0.319 e. The lowest BCUT2D eigenvalue weighted by Gasteiger charge is -2.35. The maximum absolute atomic E-state index is 13.4. The fourth-order valence-electron chi connectivity index (χ4n) is 4.11. The Kier molecular flexibility index (Phi) is 4.67. The highest BCUT2D eigenvalue weighted by molar-refractivity contribution is 6.30. The first-order valence-electron chi connectivity index (χ1n) is 9.39. The molecule has 140 valence electrons. The molecule has 4 rings (SSSR count). The zero-order valence-corrected chi connectivity index (χ0v) is 15.8. The number of nitrogens with zero attached hydrogens (tertiary/aromatic N) is 3. The number of piperazine rings is 1. The van der Waals surface area contributed by atoms with Gasteiger partial charge in [-0.3, -0.25) is 9.69 Å². The third-order valence-electron chi connectivity index (χ3n) is 5.87. The molecule has 1 N–H and O–H groups in total. The zero-order valence-electron chi connectivity index (χ0n) is 15.1. The molecule has 1 aromatic rings. The Balaban J connectivity index is 1.54. The summed E-state index contributed by atoms with van der Waals surface area (Å²) in [6, 6.07) is 7.01. The van der Waals surface area contributed by atoms with Gasteiger partial charge in [0.15, 0.2) is 0 Å². The largest absolute Gasteiger partial charge is 0.326 e. The van der Waals surface area contributed by atoms with Gasteiger partial charge in [0.1, 0.15) is 5.54 Å². The number of hydrogen-bond donors (Lipinski definition) is 1. The van der Waals surface area contributed by atoms with Crippen molar-refractivity contribution in [2.45, 2.75) is 25.3 Å². The molecule has 7 heteroatoms. The van der Waals surface area contributed by atoms with E-state index in [0.29, 0.717) is 11.7 Å². The molecule has 1 aromatic carbocycles. The molecule has 3 amide bonds. The van der Waals surface area contributed by atoms with Gasteiger partial charge in [-0.1, -0.05) is 30.7 Å². The maximum Gasteiger partial charge on any atom is 0.326 e. The van der Waals surface area contributed by atoms with E-state index in [1.54, 1.807) is 12.1 Å². The Morgan fingerprint density at radius 2 is 1.69 bits per heavy atom. The average molecular weight is 377 g/mol. The molecule has 2 aliphatic heterocycles. The molecule has 3 aliphatic rings. The summed E-state index contributed by atoms with van der Waals surface area (Å²) in [7, 11) is 0. The molecule has 2 heterocycles. The lowest BCUT2D eigenvalue weighted by molar-refractivity contribution is -0.134. The van der Waals surface area contributed by atoms with Gasteiger partial charge in [0.25, 0.3) is 5.91 Å². The number of carbonyl (C=O) groups is 2. The molecule has 1 unspecified atom stereocenters. The second-order valence-corrected chi connectivity index (χ2v) is 7.88. The normalized spacial score (nSPS) is 27.8. The van der Waals surface area contributed by atoms with E-state index in [1.807, 2.05) is 12.1 Å². The molecule has 0 spiro atoms. The molecule has 1 saturated carbocycles. The van der Waals surface area contributed by atoms with Crippen LogP contribution in [0.2, 0.25) is 5.02 Å². The van der Waals surface area contributed by atoms with Crippen LogP contribution in [0.3, 0.4) is 0 Å². The SMILES string of the molecule is CCN1CCN(CN2C(=O)NC(c3ccc(Cl)cc3)(C3CC3)C2=O)CC1. The summed E-state index contributed by atoms with van der Waals surface area (Å²) < 4.78 is 0. The van der Waals surface area contributed by atoms with Crippen LogP contribution in [0.4, 0.5) is 4.79 Å². The third-order valence-corrected chi connectivity index (χ3v) is 6.13. The number of benzene rings is 1. The number of halogens is 1. The summed E-state index contributed by atoms with van der Waals surface area (Å²) in [6.45, 7) is 7.27. The van der Waals surface area contributed by atoms with Gasteiger partial charge < -0.3 is 10.2 Å². The van der Waals surface area contributed by atoms with Gasteiger partial charge in [0.2, 0.25) is 0 Å². The van der Waals surface area contributed by atoms with Crippen molar-refractivity contribution in [2.24, 2.45) is 5.92 Å². The van der Waals surface area contributed by atoms with Crippen LogP contribution in [-0.4, -0.2) is 66.0 Å². The average Bonchev–Trinajstić information content (AvgIpc) is 3.47. The van der Waals surface area contributed by atoms with E-state index in [2.05, 4.69) is 22.0 Å². The van der Waals surface area contributed by atoms with E-state index in [0.717, 1.165) is 51.1 Å². The molecule has 6 nitrogen and oxygen atoms in total. The molecule has 2 saturated heterocycles. The van der Waals surface area contributed by atoms with Crippen LogP contribution in [0.5, 0.6) is 0 Å². The van der Waals surface area contributed by atoms with E-state index in [4.69, 9.17) is 11.6 Å². The Hall–Kier alpha value is -1.63. The number of rotatable bonds is 5. The van der Waals surface area contributed by atoms with Crippen LogP contribution in [0.1, 0.15) is 25.3 Å². The number of hydrogen-bond acceptors (Lipinski definition) is 4. The van der Waals surface area contributed by atoms with Gasteiger partial charge in [-0.25, -0.2) is 9.69 Å². The summed E-state index contributed by atoms with van der Waals surface area (Å²) in [6.07, 6.45) is 1.91. The van der Waals surface area contributed by atoms with Crippen molar-refractivity contribution in [2.75, 3.05) is 39.4 Å². The second kappa shape index (κ2) is 6.83. The Labute approximate surface area is 159 Å². The third kappa shape index (κ3) is 3.00. The highest BCUT2D eigenvalue weighted by Gasteiger charge is 2.60. The van der Waals surface area contributed by atoms with Gasteiger partial charge in [0, 0.05) is 31.2 Å². The van der Waals surface area contributed by atoms with Crippen molar-refractivity contribution in [3.8, 4) is 0 Å². The molecular formula is C19H25ClN4O2. The first-order chi connectivity index (χ1) is 12.5. The summed E-state index contributed by atoms with van der Waals surface area (Å²) in [5.74, 6) is 0.0484. The lowest BCUT2D eigenvalue weighted by atomic mass is 9.85. The van der Waals surface area contributed by atoms with E-state index in [1.165, 1.54) is 4.90 Å². The van der Waals surface area contributed by atoms with Crippen LogP contribution in [0, 0.1) is 5.92 Å². The predicted molar refractivity (Wildman–Crippen MR) is 99.8 cm³/mol. The number of likely N-dealkylation sites (N-methyl/N-ethyl adjacent to an activating group) is 1. The van der Waals surface area contributed by atoms with Crippen molar-refractivity contribution < 1.29 is 9.59 Å². The molecule has 1 atom stereocenters. The number of carbonyl (C=O) groups excluding carboxylic acids is 2. The van der Waals surface area contributed by atoms with E-state index in [9.17, 15) is 9.59 Å². The fourth-order valence-corrected chi connectivity index (χ4v) is 4.23. The highest BCUT2D eigenvalue weighted by atomic mass is 35.5. The minimum Gasteiger partial charge on any atom is -0.319 e. The van der Waals surface area contributed by atoms with Gasteiger partial charge in [-0.05, 0) is 43.0 Å². The standard InChI is InChI=1S/C19H25ClN4O2/c1-2-22-9-11-23(12-10-22)13-24-17(25)19(14-3-4-14,21-18(24)26)15-5-7-16(20)8-6-15/h5-8,14H,2-4,9-13H2,1H3,(H,21,26). The maximum atomic E-state index is 13.4.